The maximum absolute atomic E-state index is 13.2. The summed E-state index contributed by atoms with van der Waals surface area (Å²) in [6.45, 7) is 0. The smallest absolute Gasteiger partial charge is 0.344 e. The maximum atomic E-state index is 13.2. The van der Waals surface area contributed by atoms with Crippen molar-refractivity contribution in [2.24, 2.45) is 0 Å². The minimum absolute atomic E-state index is 0.447. The Balaban J connectivity index is 1.62. The third-order valence-corrected chi connectivity index (χ3v) is 6.02. The molecule has 4 aromatic rings. The summed E-state index contributed by atoms with van der Waals surface area (Å²) in [7, 11) is 3.26. The summed E-state index contributed by atoms with van der Waals surface area (Å²) in [5.74, 6) is 1.47. The van der Waals surface area contributed by atoms with Gasteiger partial charge in [-0.3, -0.25) is 0 Å². The van der Waals surface area contributed by atoms with Gasteiger partial charge >= 0.3 is 5.97 Å². The van der Waals surface area contributed by atoms with Crippen molar-refractivity contribution in [3.05, 3.63) is 114 Å². The molecular formula is C29H24O5. The van der Waals surface area contributed by atoms with Gasteiger partial charge in [-0.15, -0.1) is 0 Å². The predicted molar refractivity (Wildman–Crippen MR) is 129 cm³/mol. The van der Waals surface area contributed by atoms with Crippen LogP contribution in [-0.4, -0.2) is 26.3 Å². The molecule has 1 saturated heterocycles. The van der Waals surface area contributed by atoms with Gasteiger partial charge in [-0.2, -0.15) is 0 Å². The molecule has 2 unspecified atom stereocenters. The van der Waals surface area contributed by atoms with Crippen LogP contribution >= 0.6 is 0 Å². The van der Waals surface area contributed by atoms with Crippen molar-refractivity contribution in [2.75, 3.05) is 14.2 Å². The Hall–Kier alpha value is -4.09. The Morgan fingerprint density at radius 3 is 2.00 bits per heavy atom. The van der Waals surface area contributed by atoms with Crippen LogP contribution in [0.2, 0.25) is 0 Å². The number of benzene rings is 4. The highest BCUT2D eigenvalue weighted by atomic mass is 16.7. The SMILES string of the molecule is COc1ccc(C2(c3ccc(OC)cc3-c3ccccc3)OC2C(=O)Oc2ccccc2)cc1. The second kappa shape index (κ2) is 9.04. The van der Waals surface area contributed by atoms with Crippen molar-refractivity contribution in [1.29, 1.82) is 0 Å². The number of esters is 1. The van der Waals surface area contributed by atoms with E-state index >= 15 is 0 Å². The second-order valence-corrected chi connectivity index (χ2v) is 7.97. The summed E-state index contributed by atoms with van der Waals surface area (Å²) in [4.78, 5) is 13.2. The number of hydrogen-bond acceptors (Lipinski definition) is 5. The number of hydrogen-bond donors (Lipinski definition) is 0. The van der Waals surface area contributed by atoms with Crippen molar-refractivity contribution in [3.63, 3.8) is 0 Å². The number of epoxide rings is 1. The first-order valence-electron chi connectivity index (χ1n) is 11.0. The van der Waals surface area contributed by atoms with Gasteiger partial charge in [0, 0.05) is 0 Å². The lowest BCUT2D eigenvalue weighted by Crippen LogP contribution is -2.25. The van der Waals surface area contributed by atoms with Crippen LogP contribution in [0.3, 0.4) is 0 Å². The molecule has 0 amide bonds. The lowest BCUT2D eigenvalue weighted by molar-refractivity contribution is -0.135. The fraction of sp³-hybridized carbons (Fsp3) is 0.138. The molecule has 0 bridgehead atoms. The van der Waals surface area contributed by atoms with Crippen LogP contribution in [0.1, 0.15) is 11.1 Å². The normalized spacial score (nSPS) is 18.7. The van der Waals surface area contributed by atoms with Gasteiger partial charge in [-0.05, 0) is 58.7 Å². The number of methoxy groups -OCH3 is 2. The first-order valence-corrected chi connectivity index (χ1v) is 11.0. The van der Waals surface area contributed by atoms with Crippen LogP contribution in [0, 0.1) is 0 Å². The molecule has 5 nitrogen and oxygen atoms in total. The van der Waals surface area contributed by atoms with Crippen LogP contribution in [-0.2, 0) is 15.1 Å². The molecule has 0 aliphatic carbocycles. The standard InChI is InChI=1S/C29H24O5/c1-31-22-15-13-21(14-16-22)29(27(34-29)28(30)33-23-11-7-4-8-12-23)26-18-17-24(32-2)19-25(26)20-9-5-3-6-10-20/h3-19,27H,1-2H3. The molecule has 0 aromatic heterocycles. The Morgan fingerprint density at radius 2 is 1.35 bits per heavy atom. The van der Waals surface area contributed by atoms with Gasteiger partial charge in [0.2, 0.25) is 0 Å². The summed E-state index contributed by atoms with van der Waals surface area (Å²) in [5, 5.41) is 0. The molecule has 0 spiro atoms. The summed E-state index contributed by atoms with van der Waals surface area (Å²) >= 11 is 0. The van der Waals surface area contributed by atoms with E-state index < -0.39 is 17.7 Å². The molecule has 5 rings (SSSR count). The zero-order valence-electron chi connectivity index (χ0n) is 18.9. The first-order chi connectivity index (χ1) is 16.7. The fourth-order valence-electron chi connectivity index (χ4n) is 4.27. The molecule has 1 aliphatic heterocycles. The van der Waals surface area contributed by atoms with E-state index in [9.17, 15) is 4.79 Å². The van der Waals surface area contributed by atoms with E-state index in [0.29, 0.717) is 5.75 Å². The topological polar surface area (TPSA) is 57.3 Å². The summed E-state index contributed by atoms with van der Waals surface area (Å²) in [5.41, 5.74) is 2.61. The summed E-state index contributed by atoms with van der Waals surface area (Å²) in [6, 6.07) is 32.4. The minimum Gasteiger partial charge on any atom is -0.497 e. The molecule has 5 heteroatoms. The molecule has 1 fully saturated rings. The zero-order valence-corrected chi connectivity index (χ0v) is 18.9. The zero-order chi connectivity index (χ0) is 23.5. The second-order valence-electron chi connectivity index (χ2n) is 7.97. The van der Waals surface area contributed by atoms with Crippen molar-refractivity contribution in [1.82, 2.24) is 0 Å². The van der Waals surface area contributed by atoms with Crippen LogP contribution in [0.5, 0.6) is 17.2 Å². The van der Waals surface area contributed by atoms with E-state index in [-0.39, 0.29) is 0 Å². The summed E-state index contributed by atoms with van der Waals surface area (Å²) < 4.78 is 22.8. The van der Waals surface area contributed by atoms with E-state index in [2.05, 4.69) is 0 Å². The highest BCUT2D eigenvalue weighted by Gasteiger charge is 2.65. The third kappa shape index (κ3) is 3.91. The van der Waals surface area contributed by atoms with Crippen LogP contribution in [0.4, 0.5) is 0 Å². The highest BCUT2D eigenvalue weighted by molar-refractivity contribution is 5.85. The van der Waals surface area contributed by atoms with Crippen molar-refractivity contribution < 1.29 is 23.7 Å². The molecule has 0 saturated carbocycles. The van der Waals surface area contributed by atoms with Gasteiger partial charge in [-0.25, -0.2) is 4.79 Å². The fourth-order valence-corrected chi connectivity index (χ4v) is 4.27. The largest absolute Gasteiger partial charge is 0.497 e. The van der Waals surface area contributed by atoms with E-state index in [0.717, 1.165) is 33.8 Å². The summed E-state index contributed by atoms with van der Waals surface area (Å²) in [6.07, 6.45) is -0.808. The van der Waals surface area contributed by atoms with Gasteiger partial charge in [0.05, 0.1) is 14.2 Å². The van der Waals surface area contributed by atoms with Crippen LogP contribution < -0.4 is 14.2 Å². The van der Waals surface area contributed by atoms with E-state index in [4.69, 9.17) is 18.9 Å². The molecule has 1 aliphatic rings. The van der Waals surface area contributed by atoms with Gasteiger partial charge in [0.15, 0.2) is 11.7 Å². The Labute approximate surface area is 198 Å². The molecule has 1 heterocycles. The molecule has 0 N–H and O–H groups in total. The number of ether oxygens (including phenoxy) is 4. The number of carbonyl (C=O) groups excluding carboxylic acids is 1. The Bertz CT molecular complexity index is 1290. The Morgan fingerprint density at radius 1 is 0.735 bits per heavy atom. The van der Waals surface area contributed by atoms with Crippen LogP contribution in [0.25, 0.3) is 11.1 Å². The molecule has 2 atom stereocenters. The van der Waals surface area contributed by atoms with E-state index in [1.807, 2.05) is 91.0 Å². The van der Waals surface area contributed by atoms with E-state index in [1.54, 1.807) is 26.4 Å². The lowest BCUT2D eigenvalue weighted by atomic mass is 9.83. The number of para-hydroxylation sites is 1. The van der Waals surface area contributed by atoms with Gasteiger partial charge in [0.25, 0.3) is 0 Å². The quantitative estimate of drug-likeness (QED) is 0.207. The van der Waals surface area contributed by atoms with Crippen LogP contribution in [0.15, 0.2) is 103 Å². The van der Waals surface area contributed by atoms with Crippen molar-refractivity contribution in [3.8, 4) is 28.4 Å². The highest BCUT2D eigenvalue weighted by Crippen LogP contribution is 2.55. The number of rotatable bonds is 7. The average molecular weight is 453 g/mol. The van der Waals surface area contributed by atoms with Crippen molar-refractivity contribution >= 4 is 5.97 Å². The predicted octanol–water partition coefficient (Wildman–Crippen LogP) is 5.62. The molecule has 34 heavy (non-hydrogen) atoms. The Kier molecular flexibility index (Phi) is 5.78. The number of carbonyl (C=O) groups is 1. The van der Waals surface area contributed by atoms with Gasteiger partial charge in [-0.1, -0.05) is 66.7 Å². The van der Waals surface area contributed by atoms with Crippen molar-refractivity contribution in [2.45, 2.75) is 11.7 Å². The van der Waals surface area contributed by atoms with E-state index in [1.165, 1.54) is 0 Å². The third-order valence-electron chi connectivity index (χ3n) is 6.02. The molecule has 0 radical (unpaired) electrons. The van der Waals surface area contributed by atoms with Gasteiger partial charge < -0.3 is 18.9 Å². The minimum atomic E-state index is -1.00. The molecule has 4 aromatic carbocycles. The monoisotopic (exact) mass is 452 g/mol. The first kappa shape index (κ1) is 21.7. The molecular weight excluding hydrogens is 428 g/mol. The lowest BCUT2D eigenvalue weighted by Gasteiger charge is -2.20. The van der Waals surface area contributed by atoms with Gasteiger partial charge in [0.1, 0.15) is 17.2 Å². The maximum Gasteiger partial charge on any atom is 0.344 e. The average Bonchev–Trinajstić information content (AvgIpc) is 3.66. The molecule has 170 valence electrons.